The molecule has 0 fully saturated rings. The lowest BCUT2D eigenvalue weighted by Gasteiger charge is -2.21. The van der Waals surface area contributed by atoms with Gasteiger partial charge in [-0.3, -0.25) is 0 Å². The van der Waals surface area contributed by atoms with E-state index in [2.05, 4.69) is 68.2 Å². The van der Waals surface area contributed by atoms with Gasteiger partial charge in [0.25, 0.3) is 0 Å². The van der Waals surface area contributed by atoms with Gasteiger partial charge in [0.1, 0.15) is 11.6 Å². The molecule has 0 spiro atoms. The van der Waals surface area contributed by atoms with Gasteiger partial charge in [-0.1, -0.05) is 6.92 Å². The van der Waals surface area contributed by atoms with Crippen molar-refractivity contribution in [1.29, 1.82) is 5.26 Å². The van der Waals surface area contributed by atoms with Crippen LogP contribution in [0.3, 0.4) is 0 Å². The molecule has 1 heterocycles. The highest BCUT2D eigenvalue weighted by Crippen LogP contribution is 2.36. The first-order chi connectivity index (χ1) is 9.92. The molecule has 1 aromatic carbocycles. The Kier molecular flexibility index (Phi) is 4.95. The molecule has 6 heteroatoms. The molecule has 2 aromatic rings. The van der Waals surface area contributed by atoms with Gasteiger partial charge in [-0.2, -0.15) is 5.26 Å². The number of imidazole rings is 1. The highest BCUT2D eigenvalue weighted by atomic mass is 79.9. The number of nitriles is 1. The third-order valence-electron chi connectivity index (χ3n) is 3.39. The topological polar surface area (TPSA) is 44.9 Å². The summed E-state index contributed by atoms with van der Waals surface area (Å²) in [6.45, 7) is 7.34. The molecule has 112 valence electrons. The van der Waals surface area contributed by atoms with Crippen LogP contribution in [0, 0.1) is 11.3 Å². The minimum absolute atomic E-state index is 0.268. The van der Waals surface area contributed by atoms with Crippen LogP contribution >= 0.6 is 31.9 Å². The maximum absolute atomic E-state index is 9.46. The SMILES string of the molecule is CCCN(C)c1nc2c(C#N)c(Br)c(Br)cc2n1C(C)C. The number of hydrogen-bond donors (Lipinski definition) is 0. The molecule has 0 aliphatic rings. The lowest BCUT2D eigenvalue weighted by atomic mass is 10.2. The van der Waals surface area contributed by atoms with Crippen LogP contribution in [0.25, 0.3) is 11.0 Å². The minimum atomic E-state index is 0.268. The van der Waals surface area contributed by atoms with Crippen molar-refractivity contribution in [2.75, 3.05) is 18.5 Å². The van der Waals surface area contributed by atoms with Crippen molar-refractivity contribution in [3.63, 3.8) is 0 Å². The maximum atomic E-state index is 9.46. The molecular weight excluding hydrogens is 396 g/mol. The lowest BCUT2D eigenvalue weighted by molar-refractivity contribution is 0.607. The molecular formula is C15H18Br2N4. The molecule has 0 aliphatic heterocycles. The molecule has 0 bridgehead atoms. The van der Waals surface area contributed by atoms with Crippen LogP contribution in [0.15, 0.2) is 15.0 Å². The quantitative estimate of drug-likeness (QED) is 0.718. The summed E-state index contributed by atoms with van der Waals surface area (Å²) in [5, 5.41) is 9.46. The van der Waals surface area contributed by atoms with Gasteiger partial charge < -0.3 is 9.47 Å². The summed E-state index contributed by atoms with van der Waals surface area (Å²) in [6, 6.07) is 4.55. The van der Waals surface area contributed by atoms with Gasteiger partial charge in [-0.05, 0) is 58.2 Å². The van der Waals surface area contributed by atoms with E-state index in [1.807, 2.05) is 13.1 Å². The number of nitrogens with zero attached hydrogens (tertiary/aromatic N) is 4. The molecule has 21 heavy (non-hydrogen) atoms. The molecule has 0 saturated carbocycles. The van der Waals surface area contributed by atoms with Crippen molar-refractivity contribution in [2.24, 2.45) is 0 Å². The number of hydrogen-bond acceptors (Lipinski definition) is 3. The van der Waals surface area contributed by atoms with Gasteiger partial charge >= 0.3 is 0 Å². The third-order valence-corrected chi connectivity index (χ3v) is 5.37. The summed E-state index contributed by atoms with van der Waals surface area (Å²) < 4.78 is 3.82. The zero-order valence-electron chi connectivity index (χ0n) is 12.6. The van der Waals surface area contributed by atoms with Crippen molar-refractivity contribution >= 4 is 48.8 Å². The largest absolute Gasteiger partial charge is 0.345 e. The van der Waals surface area contributed by atoms with Crippen LogP contribution in [0.5, 0.6) is 0 Å². The van der Waals surface area contributed by atoms with Crippen LogP contribution in [0.1, 0.15) is 38.8 Å². The summed E-state index contributed by atoms with van der Waals surface area (Å²) in [6.07, 6.45) is 1.05. The second-order valence-corrected chi connectivity index (χ2v) is 6.97. The Balaban J connectivity index is 2.83. The summed E-state index contributed by atoms with van der Waals surface area (Å²) in [5.74, 6) is 0.906. The smallest absolute Gasteiger partial charge is 0.206 e. The maximum Gasteiger partial charge on any atom is 0.206 e. The highest BCUT2D eigenvalue weighted by Gasteiger charge is 2.21. The molecule has 1 aromatic heterocycles. The van der Waals surface area contributed by atoms with E-state index in [0.29, 0.717) is 5.56 Å². The Morgan fingerprint density at radius 1 is 1.43 bits per heavy atom. The Hall–Kier alpha value is -1.06. The van der Waals surface area contributed by atoms with E-state index in [4.69, 9.17) is 4.98 Å². The van der Waals surface area contributed by atoms with Crippen LogP contribution in [0.4, 0.5) is 5.95 Å². The van der Waals surface area contributed by atoms with Crippen molar-refractivity contribution < 1.29 is 0 Å². The number of aromatic nitrogens is 2. The van der Waals surface area contributed by atoms with Gasteiger partial charge in [0.05, 0.1) is 15.6 Å². The molecule has 0 aliphatic carbocycles. The Morgan fingerprint density at radius 2 is 2.10 bits per heavy atom. The van der Waals surface area contributed by atoms with Crippen molar-refractivity contribution in [3.8, 4) is 6.07 Å². The number of rotatable bonds is 4. The van der Waals surface area contributed by atoms with E-state index in [1.54, 1.807) is 0 Å². The summed E-state index contributed by atoms with van der Waals surface area (Å²) in [5.41, 5.74) is 2.30. The summed E-state index contributed by atoms with van der Waals surface area (Å²) in [4.78, 5) is 6.88. The predicted molar refractivity (Wildman–Crippen MR) is 93.8 cm³/mol. The zero-order valence-corrected chi connectivity index (χ0v) is 15.8. The second-order valence-electron chi connectivity index (χ2n) is 5.32. The van der Waals surface area contributed by atoms with Crippen molar-refractivity contribution in [3.05, 3.63) is 20.6 Å². The van der Waals surface area contributed by atoms with Crippen molar-refractivity contribution in [1.82, 2.24) is 9.55 Å². The average molecular weight is 414 g/mol. The van der Waals surface area contributed by atoms with Crippen LogP contribution in [-0.4, -0.2) is 23.1 Å². The molecule has 0 N–H and O–H groups in total. The standard InChI is InChI=1S/C15H18Br2N4/c1-5-6-20(4)15-19-14-10(8-18)13(17)11(16)7-12(14)21(15)9(2)3/h7,9H,5-6H2,1-4H3. The van der Waals surface area contributed by atoms with Gasteiger partial charge in [0.2, 0.25) is 5.95 Å². The van der Waals surface area contributed by atoms with E-state index in [9.17, 15) is 5.26 Å². The van der Waals surface area contributed by atoms with Crippen LogP contribution < -0.4 is 4.90 Å². The van der Waals surface area contributed by atoms with Crippen molar-refractivity contribution in [2.45, 2.75) is 33.2 Å². The van der Waals surface area contributed by atoms with Gasteiger partial charge in [0, 0.05) is 24.1 Å². The second kappa shape index (κ2) is 6.37. The van der Waals surface area contributed by atoms with Gasteiger partial charge in [-0.15, -0.1) is 0 Å². The monoisotopic (exact) mass is 412 g/mol. The first kappa shape index (κ1) is 16.3. The zero-order chi connectivity index (χ0) is 15.7. The fourth-order valence-corrected chi connectivity index (χ4v) is 3.28. The molecule has 0 atom stereocenters. The highest BCUT2D eigenvalue weighted by molar-refractivity contribution is 9.13. The van der Waals surface area contributed by atoms with E-state index in [1.165, 1.54) is 0 Å². The van der Waals surface area contributed by atoms with E-state index in [-0.39, 0.29) is 6.04 Å². The average Bonchev–Trinajstić information content (AvgIpc) is 2.79. The molecule has 0 saturated heterocycles. The number of fused-ring (bicyclic) bond motifs is 1. The number of halogens is 2. The predicted octanol–water partition coefficient (Wildman–Crippen LogP) is 4.86. The van der Waals surface area contributed by atoms with Gasteiger partial charge in [-0.25, -0.2) is 4.98 Å². The normalized spacial score (nSPS) is 11.1. The molecule has 2 rings (SSSR count). The lowest BCUT2D eigenvalue weighted by Crippen LogP contribution is -2.22. The number of benzene rings is 1. The fraction of sp³-hybridized carbons (Fsp3) is 0.467. The fourth-order valence-electron chi connectivity index (χ4n) is 2.48. The number of anilines is 1. The van der Waals surface area contributed by atoms with E-state index in [0.717, 1.165) is 38.9 Å². The van der Waals surface area contributed by atoms with E-state index >= 15 is 0 Å². The Labute approximate surface area is 142 Å². The molecule has 0 amide bonds. The first-order valence-corrected chi connectivity index (χ1v) is 8.52. The molecule has 4 nitrogen and oxygen atoms in total. The minimum Gasteiger partial charge on any atom is -0.345 e. The molecule has 0 radical (unpaired) electrons. The van der Waals surface area contributed by atoms with Crippen LogP contribution in [-0.2, 0) is 0 Å². The Bertz CT molecular complexity index is 713. The van der Waals surface area contributed by atoms with Gasteiger partial charge in [0.15, 0.2) is 0 Å². The third kappa shape index (κ3) is 2.82. The van der Waals surface area contributed by atoms with Crippen LogP contribution in [0.2, 0.25) is 0 Å². The molecule has 0 unspecified atom stereocenters. The van der Waals surface area contributed by atoms with E-state index < -0.39 is 0 Å². The summed E-state index contributed by atoms with van der Waals surface area (Å²) >= 11 is 6.98. The summed E-state index contributed by atoms with van der Waals surface area (Å²) in [7, 11) is 2.04. The Morgan fingerprint density at radius 3 is 2.62 bits per heavy atom. The first-order valence-electron chi connectivity index (χ1n) is 6.93.